The normalized spacial score (nSPS) is 10.3. The fraction of sp³-hybridized carbons (Fsp3) is 0.154. The van der Waals surface area contributed by atoms with Crippen molar-refractivity contribution in [1.82, 2.24) is 0 Å². The van der Waals surface area contributed by atoms with Gasteiger partial charge in [-0.25, -0.2) is 4.79 Å². The van der Waals surface area contributed by atoms with Crippen LogP contribution in [0.2, 0.25) is 0 Å². The lowest BCUT2D eigenvalue weighted by molar-refractivity contribution is 0.0697. The Labute approximate surface area is 114 Å². The molecule has 0 aliphatic rings. The number of hydrogen-bond acceptors (Lipinski definition) is 4. The molecule has 0 fully saturated rings. The Morgan fingerprint density at radius 3 is 2.89 bits per heavy atom. The summed E-state index contributed by atoms with van der Waals surface area (Å²) in [6.07, 6.45) is 2.04. The van der Waals surface area contributed by atoms with Crippen LogP contribution in [-0.4, -0.2) is 17.3 Å². The number of rotatable bonds is 5. The van der Waals surface area contributed by atoms with Crippen LogP contribution >= 0.6 is 23.1 Å². The van der Waals surface area contributed by atoms with Crippen LogP contribution in [0, 0.1) is 0 Å². The largest absolute Gasteiger partial charge is 0.478 e. The van der Waals surface area contributed by atoms with Crippen molar-refractivity contribution in [3.8, 4) is 0 Å². The van der Waals surface area contributed by atoms with Gasteiger partial charge in [-0.1, -0.05) is 12.1 Å². The van der Waals surface area contributed by atoms with Crippen molar-refractivity contribution in [2.45, 2.75) is 11.4 Å². The molecule has 18 heavy (non-hydrogen) atoms. The molecule has 5 heteroatoms. The van der Waals surface area contributed by atoms with E-state index in [1.165, 1.54) is 16.2 Å². The number of thiophene rings is 1. The monoisotopic (exact) mass is 279 g/mol. The summed E-state index contributed by atoms with van der Waals surface area (Å²) in [5.74, 6) is -0.873. The first-order valence-corrected chi connectivity index (χ1v) is 7.48. The number of para-hydroxylation sites is 1. The minimum absolute atomic E-state index is 0.356. The molecular formula is C13H13NO2S2. The van der Waals surface area contributed by atoms with Crippen LogP contribution in [0.3, 0.4) is 0 Å². The van der Waals surface area contributed by atoms with Crippen LogP contribution in [0.1, 0.15) is 15.2 Å². The van der Waals surface area contributed by atoms with Gasteiger partial charge in [0, 0.05) is 27.4 Å². The fourth-order valence-electron chi connectivity index (χ4n) is 1.56. The second-order valence-corrected chi connectivity index (χ2v) is 5.50. The number of carboxylic acids is 1. The average Bonchev–Trinajstić information content (AvgIpc) is 2.85. The molecule has 0 amide bonds. The van der Waals surface area contributed by atoms with Crippen LogP contribution in [0.4, 0.5) is 5.69 Å². The summed E-state index contributed by atoms with van der Waals surface area (Å²) in [5, 5.41) is 13.8. The molecule has 0 unspecified atom stereocenters. The van der Waals surface area contributed by atoms with Gasteiger partial charge in [-0.05, 0) is 24.5 Å². The highest BCUT2D eigenvalue weighted by Crippen LogP contribution is 2.25. The van der Waals surface area contributed by atoms with Crippen molar-refractivity contribution in [1.29, 1.82) is 0 Å². The maximum absolute atomic E-state index is 10.8. The molecule has 0 saturated carbocycles. The number of nitrogens with one attached hydrogen (secondary N) is 1. The molecule has 2 N–H and O–H groups in total. The van der Waals surface area contributed by atoms with Gasteiger partial charge in [0.1, 0.15) is 0 Å². The van der Waals surface area contributed by atoms with Gasteiger partial charge in [-0.15, -0.1) is 23.1 Å². The summed E-state index contributed by atoms with van der Waals surface area (Å²) in [6.45, 7) is 0.648. The Hall–Kier alpha value is -1.46. The SMILES string of the molecule is CSc1ccccc1NCc1cc(C(=O)O)cs1. The van der Waals surface area contributed by atoms with E-state index in [0.717, 1.165) is 10.6 Å². The number of hydrogen-bond donors (Lipinski definition) is 2. The molecule has 0 atom stereocenters. The fourth-order valence-corrected chi connectivity index (χ4v) is 2.93. The van der Waals surface area contributed by atoms with Crippen LogP contribution in [0.15, 0.2) is 40.6 Å². The van der Waals surface area contributed by atoms with Crippen molar-refractivity contribution < 1.29 is 9.90 Å². The second kappa shape index (κ2) is 5.93. The number of aromatic carboxylic acids is 1. The predicted octanol–water partition coefficient (Wildman–Crippen LogP) is 3.78. The first-order chi connectivity index (χ1) is 8.70. The van der Waals surface area contributed by atoms with E-state index < -0.39 is 5.97 Å². The first kappa shape index (κ1) is 13.0. The van der Waals surface area contributed by atoms with Crippen LogP contribution < -0.4 is 5.32 Å². The van der Waals surface area contributed by atoms with Crippen molar-refractivity contribution in [2.75, 3.05) is 11.6 Å². The second-order valence-electron chi connectivity index (χ2n) is 3.66. The topological polar surface area (TPSA) is 49.3 Å². The minimum atomic E-state index is -0.873. The molecule has 0 saturated heterocycles. The standard InChI is InChI=1S/C13H13NO2S2/c1-17-12-5-3-2-4-11(12)14-7-10-6-9(8-18-10)13(15)16/h2-6,8,14H,7H2,1H3,(H,15,16). The van der Waals surface area contributed by atoms with E-state index in [9.17, 15) is 4.79 Å². The van der Waals surface area contributed by atoms with E-state index in [4.69, 9.17) is 5.11 Å². The van der Waals surface area contributed by atoms with E-state index in [-0.39, 0.29) is 0 Å². The lowest BCUT2D eigenvalue weighted by Crippen LogP contribution is -1.99. The first-order valence-electron chi connectivity index (χ1n) is 5.38. The van der Waals surface area contributed by atoms with Crippen molar-refractivity contribution in [3.63, 3.8) is 0 Å². The molecule has 1 heterocycles. The highest BCUT2D eigenvalue weighted by molar-refractivity contribution is 7.98. The molecule has 1 aromatic heterocycles. The molecular weight excluding hydrogens is 266 g/mol. The molecule has 2 rings (SSSR count). The zero-order valence-corrected chi connectivity index (χ0v) is 11.5. The molecule has 0 bridgehead atoms. The summed E-state index contributed by atoms with van der Waals surface area (Å²) < 4.78 is 0. The molecule has 0 aliphatic heterocycles. The lowest BCUT2D eigenvalue weighted by Gasteiger charge is -2.08. The Morgan fingerprint density at radius 1 is 1.44 bits per heavy atom. The minimum Gasteiger partial charge on any atom is -0.478 e. The zero-order valence-electron chi connectivity index (χ0n) is 9.84. The summed E-state index contributed by atoms with van der Waals surface area (Å²) in [4.78, 5) is 13.0. The smallest absolute Gasteiger partial charge is 0.336 e. The van der Waals surface area contributed by atoms with Gasteiger partial charge in [0.2, 0.25) is 0 Å². The third-order valence-electron chi connectivity index (χ3n) is 2.46. The lowest BCUT2D eigenvalue weighted by atomic mass is 10.3. The summed E-state index contributed by atoms with van der Waals surface area (Å²) >= 11 is 3.15. The highest BCUT2D eigenvalue weighted by atomic mass is 32.2. The Bertz CT molecular complexity index is 551. The molecule has 0 radical (unpaired) electrons. The van der Waals surface area contributed by atoms with Gasteiger partial charge in [0.25, 0.3) is 0 Å². The predicted molar refractivity (Wildman–Crippen MR) is 76.8 cm³/mol. The summed E-state index contributed by atoms with van der Waals surface area (Å²) in [6, 6.07) is 9.78. The van der Waals surface area contributed by atoms with Crippen LogP contribution in [-0.2, 0) is 6.54 Å². The molecule has 0 spiro atoms. The zero-order chi connectivity index (χ0) is 13.0. The maximum Gasteiger partial charge on any atom is 0.336 e. The number of anilines is 1. The van der Waals surface area contributed by atoms with Gasteiger partial charge in [0.05, 0.1) is 5.56 Å². The highest BCUT2D eigenvalue weighted by Gasteiger charge is 2.06. The Morgan fingerprint density at radius 2 is 2.22 bits per heavy atom. The number of carboxylic acid groups (broad SMARTS) is 1. The van der Waals surface area contributed by atoms with Crippen LogP contribution in [0.5, 0.6) is 0 Å². The van der Waals surface area contributed by atoms with E-state index in [2.05, 4.69) is 11.4 Å². The van der Waals surface area contributed by atoms with Crippen molar-refractivity contribution in [3.05, 3.63) is 46.2 Å². The van der Waals surface area contributed by atoms with E-state index in [1.807, 2.05) is 24.5 Å². The quantitative estimate of drug-likeness (QED) is 0.818. The van der Waals surface area contributed by atoms with Crippen LogP contribution in [0.25, 0.3) is 0 Å². The number of benzene rings is 1. The van der Waals surface area contributed by atoms with Gasteiger partial charge < -0.3 is 10.4 Å². The van der Waals surface area contributed by atoms with Crippen molar-refractivity contribution >= 4 is 34.8 Å². The maximum atomic E-state index is 10.8. The molecule has 0 aliphatic carbocycles. The number of thioether (sulfide) groups is 1. The van der Waals surface area contributed by atoms with Gasteiger partial charge in [-0.2, -0.15) is 0 Å². The van der Waals surface area contributed by atoms with Crippen molar-refractivity contribution in [2.24, 2.45) is 0 Å². The summed E-state index contributed by atoms with van der Waals surface area (Å²) in [7, 11) is 0. The van der Waals surface area contributed by atoms with Gasteiger partial charge in [0.15, 0.2) is 0 Å². The summed E-state index contributed by atoms with van der Waals surface area (Å²) in [5.41, 5.74) is 1.44. The van der Waals surface area contributed by atoms with E-state index >= 15 is 0 Å². The third kappa shape index (κ3) is 3.05. The van der Waals surface area contributed by atoms with E-state index in [0.29, 0.717) is 12.1 Å². The van der Waals surface area contributed by atoms with E-state index in [1.54, 1.807) is 23.2 Å². The van der Waals surface area contributed by atoms with Gasteiger partial charge >= 0.3 is 5.97 Å². The molecule has 2 aromatic rings. The Kier molecular flexibility index (Phi) is 4.28. The molecule has 1 aromatic carbocycles. The third-order valence-corrected chi connectivity index (χ3v) is 4.19. The van der Waals surface area contributed by atoms with Gasteiger partial charge in [-0.3, -0.25) is 0 Å². The molecule has 94 valence electrons. The molecule has 3 nitrogen and oxygen atoms in total. The Balaban J connectivity index is 2.04. The average molecular weight is 279 g/mol. The number of carbonyl (C=O) groups is 1.